The van der Waals surface area contributed by atoms with Crippen LogP contribution in [-0.4, -0.2) is 43.5 Å². The zero-order valence-electron chi connectivity index (χ0n) is 20.9. The van der Waals surface area contributed by atoms with Crippen LogP contribution in [0.25, 0.3) is 6.08 Å². The average molecular weight is 515 g/mol. The average Bonchev–Trinajstić information content (AvgIpc) is 3.69. The third kappa shape index (κ3) is 6.52. The van der Waals surface area contributed by atoms with Gasteiger partial charge >= 0.3 is 0 Å². The van der Waals surface area contributed by atoms with Crippen LogP contribution in [0, 0.1) is 0 Å². The molecular formula is C30H30N2O6. The van der Waals surface area contributed by atoms with Crippen molar-refractivity contribution in [1.29, 1.82) is 0 Å². The summed E-state index contributed by atoms with van der Waals surface area (Å²) in [7, 11) is 0. The van der Waals surface area contributed by atoms with Gasteiger partial charge in [-0.25, -0.2) is 0 Å². The van der Waals surface area contributed by atoms with Crippen molar-refractivity contribution in [2.24, 2.45) is 0 Å². The van der Waals surface area contributed by atoms with E-state index in [9.17, 15) is 9.59 Å². The molecule has 3 aromatic carbocycles. The Balaban J connectivity index is 1.19. The summed E-state index contributed by atoms with van der Waals surface area (Å²) in [6.45, 7) is 0.597. The fraction of sp³-hybridized carbons (Fsp3) is 0.267. The molecular weight excluding hydrogens is 484 g/mol. The van der Waals surface area contributed by atoms with E-state index < -0.39 is 11.8 Å². The first-order chi connectivity index (χ1) is 18.6. The number of aliphatic hydroxyl groups excluding tert-OH is 1. The van der Waals surface area contributed by atoms with Crippen molar-refractivity contribution in [1.82, 2.24) is 10.6 Å². The van der Waals surface area contributed by atoms with Gasteiger partial charge in [-0.05, 0) is 77.9 Å². The number of aliphatic hydroxyl groups is 1. The zero-order valence-corrected chi connectivity index (χ0v) is 20.9. The van der Waals surface area contributed by atoms with Crippen molar-refractivity contribution in [3.63, 3.8) is 0 Å². The van der Waals surface area contributed by atoms with E-state index in [4.69, 9.17) is 19.3 Å². The Morgan fingerprint density at radius 2 is 1.74 bits per heavy atom. The van der Waals surface area contributed by atoms with Crippen molar-refractivity contribution in [2.75, 3.05) is 26.6 Å². The smallest absolute Gasteiger partial charge is 0.267 e. The maximum atomic E-state index is 12.9. The van der Waals surface area contributed by atoms with Gasteiger partial charge in [-0.2, -0.15) is 0 Å². The molecule has 2 amide bonds. The molecule has 8 nitrogen and oxygen atoms in total. The first kappa shape index (κ1) is 25.4. The van der Waals surface area contributed by atoms with Gasteiger partial charge < -0.3 is 30.0 Å². The van der Waals surface area contributed by atoms with Gasteiger partial charge in [0.2, 0.25) is 6.79 Å². The van der Waals surface area contributed by atoms with E-state index in [1.54, 1.807) is 30.3 Å². The number of ether oxygens (including phenoxy) is 3. The van der Waals surface area contributed by atoms with Gasteiger partial charge in [-0.15, -0.1) is 0 Å². The minimum absolute atomic E-state index is 0.0883. The lowest BCUT2D eigenvalue weighted by atomic mass is 10.1. The quantitative estimate of drug-likeness (QED) is 0.336. The Hall–Kier alpha value is -4.30. The van der Waals surface area contributed by atoms with E-state index in [2.05, 4.69) is 22.8 Å². The van der Waals surface area contributed by atoms with E-state index in [0.29, 0.717) is 30.3 Å². The van der Waals surface area contributed by atoms with Gasteiger partial charge in [0, 0.05) is 18.5 Å². The highest BCUT2D eigenvalue weighted by Gasteiger charge is 2.23. The second kappa shape index (κ2) is 11.8. The van der Waals surface area contributed by atoms with E-state index in [1.165, 1.54) is 18.4 Å². The molecule has 3 N–H and O–H groups in total. The summed E-state index contributed by atoms with van der Waals surface area (Å²) in [5.74, 6) is 1.87. The number of nitrogens with one attached hydrogen (secondary N) is 2. The number of carbonyl (C=O) groups is 2. The molecule has 0 aromatic heterocycles. The number of hydrogen-bond acceptors (Lipinski definition) is 6. The second-order valence-electron chi connectivity index (χ2n) is 9.24. The second-order valence-corrected chi connectivity index (χ2v) is 9.24. The molecule has 0 atom stereocenters. The largest absolute Gasteiger partial charge is 0.493 e. The van der Waals surface area contributed by atoms with Crippen LogP contribution < -0.4 is 24.8 Å². The van der Waals surface area contributed by atoms with Gasteiger partial charge in [0.05, 0.1) is 13.2 Å². The van der Waals surface area contributed by atoms with Crippen LogP contribution in [0.5, 0.6) is 17.2 Å². The third-order valence-corrected chi connectivity index (χ3v) is 6.40. The molecule has 38 heavy (non-hydrogen) atoms. The van der Waals surface area contributed by atoms with E-state index >= 15 is 0 Å². The highest BCUT2D eigenvalue weighted by atomic mass is 16.7. The normalized spacial score (nSPS) is 14.2. The molecule has 0 radical (unpaired) electrons. The summed E-state index contributed by atoms with van der Waals surface area (Å²) in [5.41, 5.74) is 3.65. The molecule has 1 heterocycles. The molecule has 0 saturated heterocycles. The molecule has 3 aromatic rings. The van der Waals surface area contributed by atoms with Crippen LogP contribution in [0.1, 0.15) is 45.8 Å². The van der Waals surface area contributed by atoms with Crippen LogP contribution in [0.15, 0.2) is 72.4 Å². The number of fused-ring (bicyclic) bond motifs is 1. The lowest BCUT2D eigenvalue weighted by molar-refractivity contribution is -0.117. The monoisotopic (exact) mass is 514 g/mol. The summed E-state index contributed by atoms with van der Waals surface area (Å²) < 4.78 is 16.6. The maximum Gasteiger partial charge on any atom is 0.267 e. The summed E-state index contributed by atoms with van der Waals surface area (Å²) >= 11 is 0. The van der Waals surface area contributed by atoms with Gasteiger partial charge in [-0.3, -0.25) is 9.59 Å². The summed E-state index contributed by atoms with van der Waals surface area (Å²) in [6, 6.07) is 20.6. The minimum Gasteiger partial charge on any atom is -0.493 e. The summed E-state index contributed by atoms with van der Waals surface area (Å²) in [6.07, 6.45) is 4.75. The first-order valence-corrected chi connectivity index (χ1v) is 12.7. The predicted molar refractivity (Wildman–Crippen MR) is 142 cm³/mol. The number of carbonyl (C=O) groups excluding carboxylic acids is 2. The van der Waals surface area contributed by atoms with E-state index in [0.717, 1.165) is 22.6 Å². The van der Waals surface area contributed by atoms with Crippen molar-refractivity contribution in [2.45, 2.75) is 25.2 Å². The number of amides is 2. The molecule has 1 aliphatic carbocycles. The van der Waals surface area contributed by atoms with Crippen LogP contribution in [-0.2, 0) is 11.2 Å². The Morgan fingerprint density at radius 3 is 2.47 bits per heavy atom. The van der Waals surface area contributed by atoms with E-state index in [1.807, 2.05) is 30.3 Å². The van der Waals surface area contributed by atoms with Crippen molar-refractivity contribution >= 4 is 17.9 Å². The molecule has 0 unspecified atom stereocenters. The van der Waals surface area contributed by atoms with Gasteiger partial charge in [-0.1, -0.05) is 30.3 Å². The van der Waals surface area contributed by atoms with Crippen LogP contribution in [0.3, 0.4) is 0 Å². The molecule has 1 fully saturated rings. The molecule has 196 valence electrons. The molecule has 0 bridgehead atoms. The molecule has 2 aliphatic rings. The van der Waals surface area contributed by atoms with Gasteiger partial charge in [0.15, 0.2) is 11.5 Å². The molecule has 8 heteroatoms. The van der Waals surface area contributed by atoms with Crippen LogP contribution in [0.4, 0.5) is 0 Å². The molecule has 0 spiro atoms. The van der Waals surface area contributed by atoms with Crippen molar-refractivity contribution in [3.05, 3.63) is 94.7 Å². The highest BCUT2D eigenvalue weighted by molar-refractivity contribution is 6.05. The fourth-order valence-electron chi connectivity index (χ4n) is 4.15. The van der Waals surface area contributed by atoms with E-state index in [-0.39, 0.29) is 25.6 Å². The van der Waals surface area contributed by atoms with Gasteiger partial charge in [0.25, 0.3) is 11.8 Å². The Labute approximate surface area is 221 Å². The standard InChI is InChI=1S/C30H30N2O6/c33-15-14-31-30(35)26(17-20-1-4-22(5-2-20)23-6-7-23)32-29(34)24-8-10-25(11-9-24)36-16-13-21-3-12-27-28(18-21)38-19-37-27/h1-5,8-12,17-18,23,33H,6-7,13-16,19H2,(H,31,35)(H,32,34)/b26-17-. The maximum absolute atomic E-state index is 12.9. The number of hydrogen-bond donors (Lipinski definition) is 3. The topological polar surface area (TPSA) is 106 Å². The Kier molecular flexibility index (Phi) is 7.89. The lowest BCUT2D eigenvalue weighted by Gasteiger charge is -2.12. The first-order valence-electron chi connectivity index (χ1n) is 12.7. The Bertz CT molecular complexity index is 1310. The minimum atomic E-state index is -0.470. The van der Waals surface area contributed by atoms with Crippen LogP contribution in [0.2, 0.25) is 0 Å². The lowest BCUT2D eigenvalue weighted by Crippen LogP contribution is -2.36. The number of rotatable bonds is 11. The van der Waals surface area contributed by atoms with Gasteiger partial charge in [0.1, 0.15) is 11.4 Å². The summed E-state index contributed by atoms with van der Waals surface area (Å²) in [5, 5.41) is 14.4. The third-order valence-electron chi connectivity index (χ3n) is 6.40. The predicted octanol–water partition coefficient (Wildman–Crippen LogP) is 3.79. The Morgan fingerprint density at radius 1 is 0.974 bits per heavy atom. The highest BCUT2D eigenvalue weighted by Crippen LogP contribution is 2.40. The van der Waals surface area contributed by atoms with Crippen molar-refractivity contribution in [3.8, 4) is 17.2 Å². The van der Waals surface area contributed by atoms with Crippen LogP contribution >= 0.6 is 0 Å². The molecule has 5 rings (SSSR count). The summed E-state index contributed by atoms with van der Waals surface area (Å²) in [4.78, 5) is 25.6. The zero-order chi connectivity index (χ0) is 26.3. The number of benzene rings is 3. The molecule has 1 aliphatic heterocycles. The van der Waals surface area contributed by atoms with Crippen molar-refractivity contribution < 1.29 is 28.9 Å². The molecule has 1 saturated carbocycles. The fourth-order valence-corrected chi connectivity index (χ4v) is 4.15. The SMILES string of the molecule is O=C(NCCO)/C(=C/c1ccc(C2CC2)cc1)NC(=O)c1ccc(OCCc2ccc3c(c2)OCO3)cc1.